The van der Waals surface area contributed by atoms with Crippen molar-refractivity contribution in [3.8, 4) is 6.01 Å². The Balaban J connectivity index is 1.98. The van der Waals surface area contributed by atoms with Crippen LogP contribution in [0.1, 0.15) is 23.9 Å². The Labute approximate surface area is 107 Å². The Morgan fingerprint density at radius 3 is 2.28 bits per heavy atom. The molecule has 1 aromatic rings. The van der Waals surface area contributed by atoms with Gasteiger partial charge in [0.05, 0.1) is 7.11 Å². The summed E-state index contributed by atoms with van der Waals surface area (Å²) >= 11 is 0. The van der Waals surface area contributed by atoms with Crippen LogP contribution in [0.15, 0.2) is 0 Å². The summed E-state index contributed by atoms with van der Waals surface area (Å²) in [6.45, 7) is 7.49. The molecule has 1 aliphatic heterocycles. The number of halogens is 1. The number of nitrogens with zero attached hydrogens (tertiary/aromatic N) is 3. The first kappa shape index (κ1) is 13.2. The van der Waals surface area contributed by atoms with Crippen LogP contribution >= 0.6 is 0 Å². The van der Waals surface area contributed by atoms with Gasteiger partial charge in [-0.2, -0.15) is 0 Å². The van der Waals surface area contributed by atoms with Crippen molar-refractivity contribution in [3.05, 3.63) is 17.0 Å². The maximum atomic E-state index is 13.4. The fraction of sp³-hybridized carbons (Fsp3) is 0.692. The second kappa shape index (κ2) is 4.80. The summed E-state index contributed by atoms with van der Waals surface area (Å²) < 4.78 is 18.4. The quantitative estimate of drug-likeness (QED) is 0.818. The SMILES string of the molecule is COc1nc(C)c(CCN2CC(C)(F)C2)c(C)n1. The third-order valence-corrected chi connectivity index (χ3v) is 3.37. The first-order valence-electron chi connectivity index (χ1n) is 6.21. The van der Waals surface area contributed by atoms with Crippen LogP contribution in [-0.4, -0.2) is 47.3 Å². The van der Waals surface area contributed by atoms with Gasteiger partial charge in [-0.1, -0.05) is 0 Å². The number of rotatable bonds is 4. The van der Waals surface area contributed by atoms with E-state index in [0.717, 1.165) is 29.9 Å². The summed E-state index contributed by atoms with van der Waals surface area (Å²) in [6, 6.07) is 0.411. The Bertz CT molecular complexity index is 417. The molecular formula is C13H20FN3O. The normalized spacial score (nSPS) is 18.5. The highest BCUT2D eigenvalue weighted by Crippen LogP contribution is 2.25. The van der Waals surface area contributed by atoms with Gasteiger partial charge in [0.15, 0.2) is 0 Å². The van der Waals surface area contributed by atoms with Crippen LogP contribution in [0.4, 0.5) is 4.39 Å². The monoisotopic (exact) mass is 253 g/mol. The van der Waals surface area contributed by atoms with Crippen molar-refractivity contribution in [2.45, 2.75) is 32.9 Å². The fourth-order valence-corrected chi connectivity index (χ4v) is 2.48. The van der Waals surface area contributed by atoms with E-state index in [0.29, 0.717) is 19.1 Å². The second-order valence-corrected chi connectivity index (χ2v) is 5.23. The van der Waals surface area contributed by atoms with Crippen molar-refractivity contribution in [2.24, 2.45) is 0 Å². The molecule has 1 aromatic heterocycles. The lowest BCUT2D eigenvalue weighted by atomic mass is 9.98. The summed E-state index contributed by atoms with van der Waals surface area (Å²) in [5.74, 6) is 0. The highest BCUT2D eigenvalue weighted by atomic mass is 19.1. The van der Waals surface area contributed by atoms with Gasteiger partial charge in [0.25, 0.3) is 0 Å². The van der Waals surface area contributed by atoms with E-state index in [-0.39, 0.29) is 0 Å². The average Bonchev–Trinajstić information content (AvgIpc) is 2.24. The number of alkyl halides is 1. The molecule has 0 N–H and O–H groups in total. The molecule has 2 rings (SSSR count). The molecule has 1 fully saturated rings. The van der Waals surface area contributed by atoms with Gasteiger partial charge < -0.3 is 4.74 Å². The van der Waals surface area contributed by atoms with Crippen molar-refractivity contribution in [1.82, 2.24) is 14.9 Å². The number of methoxy groups -OCH3 is 1. The summed E-state index contributed by atoms with van der Waals surface area (Å²) in [6.07, 6.45) is 0.859. The zero-order valence-electron chi connectivity index (χ0n) is 11.5. The van der Waals surface area contributed by atoms with Crippen molar-refractivity contribution in [3.63, 3.8) is 0 Å². The smallest absolute Gasteiger partial charge is 0.316 e. The minimum Gasteiger partial charge on any atom is -0.467 e. The van der Waals surface area contributed by atoms with Crippen LogP contribution in [0, 0.1) is 13.8 Å². The topological polar surface area (TPSA) is 38.2 Å². The lowest BCUT2D eigenvalue weighted by Gasteiger charge is -2.42. The molecule has 0 saturated carbocycles. The highest BCUT2D eigenvalue weighted by Gasteiger charge is 2.38. The molecule has 0 aromatic carbocycles. The number of aryl methyl sites for hydroxylation is 2. The zero-order chi connectivity index (χ0) is 13.3. The van der Waals surface area contributed by atoms with Crippen molar-refractivity contribution >= 4 is 0 Å². The molecule has 0 spiro atoms. The van der Waals surface area contributed by atoms with E-state index in [1.807, 2.05) is 13.8 Å². The molecule has 0 unspecified atom stereocenters. The van der Waals surface area contributed by atoms with E-state index >= 15 is 0 Å². The van der Waals surface area contributed by atoms with Gasteiger partial charge in [-0.3, -0.25) is 4.90 Å². The predicted octanol–water partition coefficient (Wildman–Crippen LogP) is 1.69. The lowest BCUT2D eigenvalue weighted by Crippen LogP contribution is -2.57. The maximum Gasteiger partial charge on any atom is 0.316 e. The molecule has 1 saturated heterocycles. The summed E-state index contributed by atoms with van der Waals surface area (Å²) in [7, 11) is 1.57. The molecule has 2 heterocycles. The minimum absolute atomic E-state index is 0.411. The molecule has 100 valence electrons. The van der Waals surface area contributed by atoms with Gasteiger partial charge in [-0.15, -0.1) is 0 Å². The van der Waals surface area contributed by atoms with Crippen LogP contribution in [0.5, 0.6) is 6.01 Å². The van der Waals surface area contributed by atoms with Crippen LogP contribution in [-0.2, 0) is 6.42 Å². The molecule has 5 heteroatoms. The third kappa shape index (κ3) is 2.77. The van der Waals surface area contributed by atoms with Crippen LogP contribution < -0.4 is 4.74 Å². The van der Waals surface area contributed by atoms with Crippen molar-refractivity contribution < 1.29 is 9.13 Å². The van der Waals surface area contributed by atoms with Gasteiger partial charge in [0.1, 0.15) is 5.67 Å². The lowest BCUT2D eigenvalue weighted by molar-refractivity contribution is -0.0163. The van der Waals surface area contributed by atoms with Gasteiger partial charge in [-0.05, 0) is 32.8 Å². The molecule has 4 nitrogen and oxygen atoms in total. The fourth-order valence-electron chi connectivity index (χ4n) is 2.48. The third-order valence-electron chi connectivity index (χ3n) is 3.37. The second-order valence-electron chi connectivity index (χ2n) is 5.23. The molecule has 0 amide bonds. The van der Waals surface area contributed by atoms with Gasteiger partial charge in [-0.25, -0.2) is 14.4 Å². The molecule has 0 bridgehead atoms. The minimum atomic E-state index is -1.000. The molecule has 0 atom stereocenters. The Hall–Kier alpha value is -1.23. The van der Waals surface area contributed by atoms with Crippen LogP contribution in [0.2, 0.25) is 0 Å². The first-order valence-corrected chi connectivity index (χ1v) is 6.21. The molecule has 1 aliphatic rings. The van der Waals surface area contributed by atoms with E-state index in [1.165, 1.54) is 0 Å². The van der Waals surface area contributed by atoms with Crippen LogP contribution in [0.25, 0.3) is 0 Å². The summed E-state index contributed by atoms with van der Waals surface area (Å²) in [4.78, 5) is 10.7. The van der Waals surface area contributed by atoms with Crippen LogP contribution in [0.3, 0.4) is 0 Å². The molecular weight excluding hydrogens is 233 g/mol. The van der Waals surface area contributed by atoms with E-state index < -0.39 is 5.67 Å². The van der Waals surface area contributed by atoms with E-state index in [1.54, 1.807) is 14.0 Å². The summed E-state index contributed by atoms with van der Waals surface area (Å²) in [5, 5.41) is 0. The first-order chi connectivity index (χ1) is 8.41. The maximum absolute atomic E-state index is 13.4. The number of likely N-dealkylation sites (tertiary alicyclic amines) is 1. The van der Waals surface area contributed by atoms with Crippen molar-refractivity contribution in [2.75, 3.05) is 26.7 Å². The van der Waals surface area contributed by atoms with E-state index in [9.17, 15) is 4.39 Å². The Morgan fingerprint density at radius 2 is 1.83 bits per heavy atom. The standard InChI is InChI=1S/C13H20FN3O/c1-9-11(10(2)16-12(15-9)18-4)5-6-17-7-13(3,14)8-17/h5-8H2,1-4H3. The van der Waals surface area contributed by atoms with Gasteiger partial charge in [0.2, 0.25) is 0 Å². The highest BCUT2D eigenvalue weighted by molar-refractivity contribution is 5.26. The Kier molecular flexibility index (Phi) is 3.52. The zero-order valence-corrected chi connectivity index (χ0v) is 11.5. The number of ether oxygens (including phenoxy) is 1. The predicted molar refractivity (Wildman–Crippen MR) is 67.7 cm³/mol. The largest absolute Gasteiger partial charge is 0.467 e. The average molecular weight is 253 g/mol. The number of hydrogen-bond donors (Lipinski definition) is 0. The van der Waals surface area contributed by atoms with E-state index in [2.05, 4.69) is 14.9 Å². The molecule has 0 radical (unpaired) electrons. The number of hydrogen-bond acceptors (Lipinski definition) is 4. The molecule has 0 aliphatic carbocycles. The van der Waals surface area contributed by atoms with E-state index in [4.69, 9.17) is 4.74 Å². The summed E-state index contributed by atoms with van der Waals surface area (Å²) in [5.41, 5.74) is 2.04. The van der Waals surface area contributed by atoms with Gasteiger partial charge >= 0.3 is 6.01 Å². The van der Waals surface area contributed by atoms with Gasteiger partial charge in [0, 0.05) is 31.0 Å². The van der Waals surface area contributed by atoms with Crippen molar-refractivity contribution in [1.29, 1.82) is 0 Å². The number of aromatic nitrogens is 2. The Morgan fingerprint density at radius 1 is 1.28 bits per heavy atom. The molecule has 18 heavy (non-hydrogen) atoms.